The Morgan fingerprint density at radius 3 is 2.00 bits per heavy atom. The predicted octanol–water partition coefficient (Wildman–Crippen LogP) is 2.78. The van der Waals surface area contributed by atoms with E-state index in [1.54, 1.807) is 12.4 Å². The van der Waals surface area contributed by atoms with Crippen LogP contribution in [0.3, 0.4) is 0 Å². The summed E-state index contributed by atoms with van der Waals surface area (Å²) < 4.78 is 0. The average molecular weight is 278 g/mol. The summed E-state index contributed by atoms with van der Waals surface area (Å²) in [6, 6.07) is 0. The lowest BCUT2D eigenvalue weighted by Crippen LogP contribution is -2.39. The maximum Gasteiger partial charge on any atom is 0.226 e. The van der Waals surface area contributed by atoms with Gasteiger partial charge in [-0.15, -0.1) is 0 Å². The van der Waals surface area contributed by atoms with Crippen molar-refractivity contribution in [3.8, 4) is 0 Å². The van der Waals surface area contributed by atoms with Crippen molar-refractivity contribution < 1.29 is 9.59 Å². The van der Waals surface area contributed by atoms with E-state index < -0.39 is 0 Å². The molecule has 2 atom stereocenters. The smallest absolute Gasteiger partial charge is 0.226 e. The van der Waals surface area contributed by atoms with Crippen molar-refractivity contribution >= 4 is 11.8 Å². The van der Waals surface area contributed by atoms with Gasteiger partial charge in [-0.05, 0) is 43.5 Å². The summed E-state index contributed by atoms with van der Waals surface area (Å²) in [7, 11) is 0. The molecule has 0 aliphatic heterocycles. The molecule has 20 heavy (non-hydrogen) atoms. The molecule has 0 bridgehead atoms. The standard InChI is InChI=1S/C16H26N2O2/c1-5-17(6-2)11-15-8-7-9-16(10-15)12-18(13(3)19)14(4)20/h5-6,15-16H,1-2,7-12H2,3-4H3. The fraction of sp³-hybridized carbons (Fsp3) is 0.625. The number of amides is 2. The summed E-state index contributed by atoms with van der Waals surface area (Å²) in [5, 5.41) is 0. The molecule has 0 aromatic rings. The molecule has 1 aliphatic carbocycles. The molecule has 1 aliphatic rings. The Morgan fingerprint density at radius 1 is 1.05 bits per heavy atom. The van der Waals surface area contributed by atoms with Crippen molar-refractivity contribution in [2.45, 2.75) is 39.5 Å². The van der Waals surface area contributed by atoms with Crippen molar-refractivity contribution in [3.05, 3.63) is 25.6 Å². The van der Waals surface area contributed by atoms with E-state index >= 15 is 0 Å². The highest BCUT2D eigenvalue weighted by molar-refractivity contribution is 5.92. The molecular weight excluding hydrogens is 252 g/mol. The lowest BCUT2D eigenvalue weighted by Gasteiger charge is -2.33. The predicted molar refractivity (Wildman–Crippen MR) is 80.6 cm³/mol. The maximum atomic E-state index is 11.5. The van der Waals surface area contributed by atoms with E-state index in [-0.39, 0.29) is 11.8 Å². The first kappa shape index (κ1) is 16.5. The molecule has 0 radical (unpaired) electrons. The molecule has 112 valence electrons. The monoisotopic (exact) mass is 278 g/mol. The van der Waals surface area contributed by atoms with Crippen molar-refractivity contribution in [1.29, 1.82) is 0 Å². The molecule has 4 heteroatoms. The van der Waals surface area contributed by atoms with Crippen LogP contribution in [-0.4, -0.2) is 34.7 Å². The largest absolute Gasteiger partial charge is 0.355 e. The third kappa shape index (κ3) is 4.83. The number of nitrogens with zero attached hydrogens (tertiary/aromatic N) is 2. The highest BCUT2D eigenvalue weighted by atomic mass is 16.2. The Kier molecular flexibility index (Phi) is 6.49. The van der Waals surface area contributed by atoms with Crippen molar-refractivity contribution in [1.82, 2.24) is 9.80 Å². The normalized spacial score (nSPS) is 21.9. The van der Waals surface area contributed by atoms with Crippen LogP contribution in [0.1, 0.15) is 39.5 Å². The minimum atomic E-state index is -0.154. The molecule has 1 rings (SSSR count). The molecule has 0 N–H and O–H groups in total. The molecule has 1 saturated carbocycles. The van der Waals surface area contributed by atoms with Gasteiger partial charge in [0.05, 0.1) is 0 Å². The third-order valence-electron chi connectivity index (χ3n) is 4.03. The summed E-state index contributed by atoms with van der Waals surface area (Å²) in [5.41, 5.74) is 0. The van der Waals surface area contributed by atoms with Gasteiger partial charge in [0.2, 0.25) is 11.8 Å². The first-order chi connectivity index (χ1) is 9.47. The van der Waals surface area contributed by atoms with Gasteiger partial charge >= 0.3 is 0 Å². The van der Waals surface area contributed by atoms with E-state index in [4.69, 9.17) is 0 Å². The number of carbonyl (C=O) groups is 2. The summed E-state index contributed by atoms with van der Waals surface area (Å²) >= 11 is 0. The van der Waals surface area contributed by atoms with Crippen molar-refractivity contribution in [2.75, 3.05) is 13.1 Å². The Hall–Kier alpha value is -1.58. The number of imide groups is 1. The molecule has 2 unspecified atom stereocenters. The van der Waals surface area contributed by atoms with Crippen LogP contribution in [0.2, 0.25) is 0 Å². The molecule has 0 spiro atoms. The first-order valence-corrected chi connectivity index (χ1v) is 7.27. The fourth-order valence-electron chi connectivity index (χ4n) is 2.99. The molecule has 0 saturated heterocycles. The van der Waals surface area contributed by atoms with Crippen LogP contribution in [0.15, 0.2) is 25.6 Å². The minimum Gasteiger partial charge on any atom is -0.355 e. The van der Waals surface area contributed by atoms with Gasteiger partial charge in [0.25, 0.3) is 0 Å². The van der Waals surface area contributed by atoms with E-state index in [9.17, 15) is 9.59 Å². The van der Waals surface area contributed by atoms with Gasteiger partial charge in [0, 0.05) is 26.9 Å². The second kappa shape index (κ2) is 7.88. The van der Waals surface area contributed by atoms with Gasteiger partial charge in [-0.2, -0.15) is 0 Å². The second-order valence-corrected chi connectivity index (χ2v) is 5.61. The number of carbonyl (C=O) groups excluding carboxylic acids is 2. The Morgan fingerprint density at radius 2 is 1.55 bits per heavy atom. The number of hydrogen-bond acceptors (Lipinski definition) is 3. The summed E-state index contributed by atoms with van der Waals surface area (Å²) in [6.45, 7) is 11.9. The number of rotatable bonds is 6. The van der Waals surface area contributed by atoms with E-state index in [1.807, 2.05) is 4.90 Å². The molecule has 4 nitrogen and oxygen atoms in total. The highest BCUT2D eigenvalue weighted by Gasteiger charge is 2.26. The molecule has 0 aromatic carbocycles. The first-order valence-electron chi connectivity index (χ1n) is 7.27. The van der Waals surface area contributed by atoms with Crippen LogP contribution in [0.4, 0.5) is 0 Å². The van der Waals surface area contributed by atoms with Crippen LogP contribution >= 0.6 is 0 Å². The second-order valence-electron chi connectivity index (χ2n) is 5.61. The Labute approximate surface area is 122 Å². The van der Waals surface area contributed by atoms with Crippen LogP contribution in [-0.2, 0) is 9.59 Å². The lowest BCUT2D eigenvalue weighted by atomic mass is 9.81. The van der Waals surface area contributed by atoms with E-state index in [1.165, 1.54) is 25.2 Å². The molecule has 0 aromatic heterocycles. The highest BCUT2D eigenvalue weighted by Crippen LogP contribution is 2.30. The van der Waals surface area contributed by atoms with Crippen LogP contribution in [0.25, 0.3) is 0 Å². The summed E-state index contributed by atoms with van der Waals surface area (Å²) in [5.74, 6) is 0.681. The molecule has 2 amide bonds. The lowest BCUT2D eigenvalue weighted by molar-refractivity contribution is -0.143. The molecular formula is C16H26N2O2. The Bertz CT molecular complexity index is 357. The van der Waals surface area contributed by atoms with Crippen LogP contribution in [0, 0.1) is 11.8 Å². The van der Waals surface area contributed by atoms with Crippen molar-refractivity contribution in [2.24, 2.45) is 11.8 Å². The SMILES string of the molecule is C=CN(C=C)CC1CCCC(CN(C(C)=O)C(C)=O)C1. The van der Waals surface area contributed by atoms with Gasteiger partial charge in [0.15, 0.2) is 0 Å². The number of hydrogen-bond donors (Lipinski definition) is 0. The van der Waals surface area contributed by atoms with Gasteiger partial charge in [-0.1, -0.05) is 19.6 Å². The maximum absolute atomic E-state index is 11.5. The topological polar surface area (TPSA) is 40.6 Å². The van der Waals surface area contributed by atoms with Crippen LogP contribution in [0.5, 0.6) is 0 Å². The fourth-order valence-corrected chi connectivity index (χ4v) is 2.99. The van der Waals surface area contributed by atoms with Gasteiger partial charge in [-0.25, -0.2) is 0 Å². The van der Waals surface area contributed by atoms with Gasteiger partial charge in [0.1, 0.15) is 0 Å². The third-order valence-corrected chi connectivity index (χ3v) is 4.03. The molecule has 0 heterocycles. The van der Waals surface area contributed by atoms with Crippen LogP contribution < -0.4 is 0 Å². The quantitative estimate of drug-likeness (QED) is 0.750. The zero-order valence-electron chi connectivity index (χ0n) is 12.7. The van der Waals surface area contributed by atoms with E-state index in [0.717, 1.165) is 25.8 Å². The average Bonchev–Trinajstić information content (AvgIpc) is 2.42. The Balaban J connectivity index is 2.55. The van der Waals surface area contributed by atoms with E-state index in [2.05, 4.69) is 13.2 Å². The van der Waals surface area contributed by atoms with E-state index in [0.29, 0.717) is 18.4 Å². The zero-order chi connectivity index (χ0) is 15.1. The zero-order valence-corrected chi connectivity index (χ0v) is 12.7. The summed E-state index contributed by atoms with van der Waals surface area (Å²) in [4.78, 5) is 26.3. The van der Waals surface area contributed by atoms with Gasteiger partial charge in [-0.3, -0.25) is 14.5 Å². The minimum absolute atomic E-state index is 0.154. The van der Waals surface area contributed by atoms with Crippen molar-refractivity contribution in [3.63, 3.8) is 0 Å². The summed E-state index contributed by atoms with van der Waals surface area (Å²) in [6.07, 6.45) is 8.06. The molecule has 1 fully saturated rings. The van der Waals surface area contributed by atoms with Gasteiger partial charge < -0.3 is 4.90 Å².